The van der Waals surface area contributed by atoms with E-state index in [-0.39, 0.29) is 11.5 Å². The van der Waals surface area contributed by atoms with Gasteiger partial charge in [-0.05, 0) is 49.4 Å². The molecule has 0 saturated carbocycles. The Balaban J connectivity index is 2.26. The quantitative estimate of drug-likeness (QED) is 0.725. The van der Waals surface area contributed by atoms with Gasteiger partial charge in [-0.25, -0.2) is 4.79 Å². The zero-order valence-corrected chi connectivity index (χ0v) is 15.0. The van der Waals surface area contributed by atoms with Crippen molar-refractivity contribution in [3.05, 3.63) is 22.0 Å². The fourth-order valence-electron chi connectivity index (χ4n) is 2.06. The van der Waals surface area contributed by atoms with Crippen LogP contribution in [0.4, 0.5) is 10.5 Å². The molecule has 0 spiro atoms. The summed E-state index contributed by atoms with van der Waals surface area (Å²) < 4.78 is 11.8. The molecule has 1 aliphatic rings. The van der Waals surface area contributed by atoms with E-state index in [4.69, 9.17) is 9.47 Å². The molecule has 0 N–H and O–H groups in total. The van der Waals surface area contributed by atoms with Gasteiger partial charge in [0.05, 0.1) is 25.1 Å². The molecule has 1 aromatic rings. The molecule has 5 nitrogen and oxygen atoms in total. The number of anilines is 1. The Hall–Kier alpha value is -0.890. The number of carbonyl (C=O) groups excluding carboxylic acids is 1. The summed E-state index contributed by atoms with van der Waals surface area (Å²) in [4.78, 5) is 18.4. The van der Waals surface area contributed by atoms with E-state index in [0.29, 0.717) is 19.8 Å². The summed E-state index contributed by atoms with van der Waals surface area (Å²) in [6, 6.07) is 1.88. The van der Waals surface area contributed by atoms with Gasteiger partial charge < -0.3 is 9.47 Å². The molecule has 0 aliphatic carbocycles. The number of hydrogen-bond acceptors (Lipinski definition) is 4. The fraction of sp³-hybridized carbons (Fsp3) is 0.600. The highest BCUT2D eigenvalue weighted by Crippen LogP contribution is 2.32. The topological polar surface area (TPSA) is 51.7 Å². The number of carbonyl (C=O) groups is 1. The van der Waals surface area contributed by atoms with Gasteiger partial charge in [0, 0.05) is 21.7 Å². The Bertz CT molecular complexity index is 524. The van der Waals surface area contributed by atoms with Gasteiger partial charge in [0.25, 0.3) is 0 Å². The van der Waals surface area contributed by atoms with E-state index in [1.165, 1.54) is 0 Å². The van der Waals surface area contributed by atoms with Gasteiger partial charge in [0.15, 0.2) is 0 Å². The lowest BCUT2D eigenvalue weighted by molar-refractivity contribution is -0.0956. The normalized spacial score (nSPS) is 17.0. The highest BCUT2D eigenvalue weighted by molar-refractivity contribution is 14.1. The molecule has 0 radical (unpaired) electrons. The van der Waals surface area contributed by atoms with E-state index in [9.17, 15) is 4.79 Å². The van der Waals surface area contributed by atoms with Crippen molar-refractivity contribution in [1.29, 1.82) is 0 Å². The van der Waals surface area contributed by atoms with E-state index >= 15 is 0 Å². The van der Waals surface area contributed by atoms with Crippen LogP contribution in [0, 0.1) is 8.99 Å². The van der Waals surface area contributed by atoms with Crippen molar-refractivity contribution in [3.8, 4) is 0 Å². The van der Waals surface area contributed by atoms with E-state index in [0.717, 1.165) is 9.26 Å². The summed E-state index contributed by atoms with van der Waals surface area (Å²) in [5.74, 6) is 0. The van der Waals surface area contributed by atoms with Crippen molar-refractivity contribution >= 4 is 34.4 Å². The minimum Gasteiger partial charge on any atom is -0.443 e. The average Bonchev–Trinajstić information content (AvgIpc) is 2.32. The summed E-state index contributed by atoms with van der Waals surface area (Å²) in [5, 5.41) is 0. The molecule has 116 valence electrons. The number of rotatable bonds is 3. The highest BCUT2D eigenvalue weighted by Gasteiger charge is 2.38. The Kier molecular flexibility index (Phi) is 4.77. The van der Waals surface area contributed by atoms with Crippen molar-refractivity contribution in [3.63, 3.8) is 0 Å². The number of ether oxygens (including phenoxy) is 2. The van der Waals surface area contributed by atoms with Crippen LogP contribution in [-0.2, 0) is 9.47 Å². The molecule has 0 aromatic carbocycles. The molecule has 21 heavy (non-hydrogen) atoms. The Morgan fingerprint density at radius 3 is 2.67 bits per heavy atom. The predicted octanol–water partition coefficient (Wildman–Crippen LogP) is 3.46. The van der Waals surface area contributed by atoms with Crippen molar-refractivity contribution in [2.24, 2.45) is 5.41 Å². The number of amides is 1. The van der Waals surface area contributed by atoms with E-state index in [2.05, 4.69) is 34.5 Å². The van der Waals surface area contributed by atoms with Gasteiger partial charge in [0.1, 0.15) is 5.60 Å². The SMILES string of the molecule is CC1(CN(C(=O)OC(C)(C)C)c2cnccc2I)COC1. The summed E-state index contributed by atoms with van der Waals surface area (Å²) >= 11 is 2.21. The molecule has 0 unspecified atom stereocenters. The summed E-state index contributed by atoms with van der Waals surface area (Å²) in [7, 11) is 0. The van der Waals surface area contributed by atoms with Crippen LogP contribution >= 0.6 is 22.6 Å². The summed E-state index contributed by atoms with van der Waals surface area (Å²) in [5.41, 5.74) is 0.219. The third kappa shape index (κ3) is 4.29. The Morgan fingerprint density at radius 1 is 1.52 bits per heavy atom. The molecule has 0 bridgehead atoms. The van der Waals surface area contributed by atoms with Crippen molar-refractivity contribution < 1.29 is 14.3 Å². The average molecular weight is 404 g/mol. The van der Waals surface area contributed by atoms with Gasteiger partial charge >= 0.3 is 6.09 Å². The number of pyridine rings is 1. The van der Waals surface area contributed by atoms with Gasteiger partial charge in [-0.2, -0.15) is 0 Å². The van der Waals surface area contributed by atoms with Crippen LogP contribution in [0.5, 0.6) is 0 Å². The third-order valence-electron chi connectivity index (χ3n) is 3.09. The molecule has 1 aromatic heterocycles. The maximum absolute atomic E-state index is 12.6. The second-order valence-corrected chi connectivity index (χ2v) is 7.86. The Labute approximate surface area is 139 Å². The predicted molar refractivity (Wildman–Crippen MR) is 89.5 cm³/mol. The zero-order valence-electron chi connectivity index (χ0n) is 12.9. The minimum atomic E-state index is -0.528. The fourth-order valence-corrected chi connectivity index (χ4v) is 2.65. The van der Waals surface area contributed by atoms with Gasteiger partial charge in [-0.3, -0.25) is 9.88 Å². The van der Waals surface area contributed by atoms with Crippen LogP contribution in [-0.4, -0.2) is 36.4 Å². The maximum atomic E-state index is 12.6. The van der Waals surface area contributed by atoms with Crippen LogP contribution in [0.15, 0.2) is 18.5 Å². The summed E-state index contributed by atoms with van der Waals surface area (Å²) in [6.45, 7) is 9.58. The molecule has 1 aliphatic heterocycles. The standard InChI is InChI=1S/C15H21IN2O3/c1-14(2,3)21-13(19)18(8-15(4)9-20-10-15)12-7-17-6-5-11(12)16/h5-7H,8-10H2,1-4H3. The van der Waals surface area contributed by atoms with Crippen LogP contribution < -0.4 is 4.90 Å². The Morgan fingerprint density at radius 2 is 2.19 bits per heavy atom. The van der Waals surface area contributed by atoms with Gasteiger partial charge in [0.2, 0.25) is 0 Å². The zero-order chi connectivity index (χ0) is 15.7. The number of nitrogens with zero attached hydrogens (tertiary/aromatic N) is 2. The van der Waals surface area contributed by atoms with Gasteiger partial charge in [-0.1, -0.05) is 6.92 Å². The maximum Gasteiger partial charge on any atom is 0.414 e. The van der Waals surface area contributed by atoms with E-state index in [1.54, 1.807) is 17.3 Å². The molecule has 2 heterocycles. The summed E-state index contributed by atoms with van der Waals surface area (Å²) in [6.07, 6.45) is 3.07. The molecule has 1 fully saturated rings. The van der Waals surface area contributed by atoms with Crippen molar-refractivity contribution in [2.45, 2.75) is 33.3 Å². The third-order valence-corrected chi connectivity index (χ3v) is 4.01. The number of aromatic nitrogens is 1. The molecule has 6 heteroatoms. The smallest absolute Gasteiger partial charge is 0.414 e. The molecular weight excluding hydrogens is 383 g/mol. The second-order valence-electron chi connectivity index (χ2n) is 6.70. The van der Waals surface area contributed by atoms with Crippen LogP contribution in [0.1, 0.15) is 27.7 Å². The molecule has 0 atom stereocenters. The van der Waals surface area contributed by atoms with Crippen molar-refractivity contribution in [1.82, 2.24) is 4.98 Å². The first kappa shape index (κ1) is 16.5. The molecule has 2 rings (SSSR count). The lowest BCUT2D eigenvalue weighted by atomic mass is 9.88. The molecule has 1 amide bonds. The van der Waals surface area contributed by atoms with Gasteiger partial charge in [-0.15, -0.1) is 0 Å². The largest absolute Gasteiger partial charge is 0.443 e. The lowest BCUT2D eigenvalue weighted by Gasteiger charge is -2.41. The van der Waals surface area contributed by atoms with E-state index in [1.807, 2.05) is 26.8 Å². The number of hydrogen-bond donors (Lipinski definition) is 0. The highest BCUT2D eigenvalue weighted by atomic mass is 127. The van der Waals surface area contributed by atoms with E-state index < -0.39 is 5.60 Å². The second kappa shape index (κ2) is 6.08. The first-order valence-corrected chi connectivity index (χ1v) is 7.96. The number of halogens is 1. The first-order valence-electron chi connectivity index (χ1n) is 6.88. The van der Waals surface area contributed by atoms with Crippen LogP contribution in [0.2, 0.25) is 0 Å². The molecule has 1 saturated heterocycles. The minimum absolute atomic E-state index is 0.0319. The van der Waals surface area contributed by atoms with Crippen LogP contribution in [0.3, 0.4) is 0 Å². The van der Waals surface area contributed by atoms with Crippen molar-refractivity contribution in [2.75, 3.05) is 24.7 Å². The monoisotopic (exact) mass is 404 g/mol. The lowest BCUT2D eigenvalue weighted by Crippen LogP contribution is -2.51. The van der Waals surface area contributed by atoms with Crippen LogP contribution in [0.25, 0.3) is 0 Å². The molecular formula is C15H21IN2O3. The first-order chi connectivity index (χ1) is 9.70.